The normalized spacial score (nSPS) is 14.9. The molecule has 0 saturated carbocycles. The maximum Gasteiger partial charge on any atom is 0.170 e. The van der Waals surface area contributed by atoms with E-state index >= 15 is 0 Å². The smallest absolute Gasteiger partial charge is 0.170 e. The first kappa shape index (κ1) is 10.3. The molecule has 3 heterocycles. The number of thiophene rings is 1. The van der Waals surface area contributed by atoms with Gasteiger partial charge in [0.25, 0.3) is 0 Å². The van der Waals surface area contributed by atoms with Crippen LogP contribution in [0.2, 0.25) is 0 Å². The number of hydrogen-bond acceptors (Lipinski definition) is 3. The van der Waals surface area contributed by atoms with E-state index in [0.717, 1.165) is 34.6 Å². The fourth-order valence-electron chi connectivity index (χ4n) is 2.70. The molecule has 0 aromatic carbocycles. The zero-order chi connectivity index (χ0) is 11.9. The Morgan fingerprint density at radius 2 is 2.17 bits per heavy atom. The highest BCUT2D eigenvalue weighted by Gasteiger charge is 2.17. The third kappa shape index (κ3) is 1.49. The van der Waals surface area contributed by atoms with Crippen molar-refractivity contribution in [3.8, 4) is 10.7 Å². The van der Waals surface area contributed by atoms with Gasteiger partial charge >= 0.3 is 0 Å². The van der Waals surface area contributed by atoms with Crippen LogP contribution in [0, 0.1) is 0 Å². The van der Waals surface area contributed by atoms with Crippen LogP contribution in [-0.2, 0) is 12.8 Å². The van der Waals surface area contributed by atoms with Crippen molar-refractivity contribution in [2.75, 3.05) is 0 Å². The minimum atomic E-state index is 0.852. The van der Waals surface area contributed by atoms with Gasteiger partial charge in [0.2, 0.25) is 0 Å². The molecule has 3 nitrogen and oxygen atoms in total. The van der Waals surface area contributed by atoms with E-state index in [0.29, 0.717) is 0 Å². The molecule has 3 aromatic heterocycles. The molecule has 0 saturated heterocycles. The minimum absolute atomic E-state index is 0.852. The van der Waals surface area contributed by atoms with Gasteiger partial charge in [0, 0.05) is 5.69 Å². The summed E-state index contributed by atoms with van der Waals surface area (Å²) in [5.41, 5.74) is 5.00. The van der Waals surface area contributed by atoms with Crippen LogP contribution in [0.3, 0.4) is 0 Å². The molecule has 0 spiro atoms. The molecule has 0 bridgehead atoms. The molecular weight excluding hydrogens is 242 g/mol. The second-order valence-electron chi connectivity index (χ2n) is 4.72. The van der Waals surface area contributed by atoms with E-state index in [1.165, 1.54) is 24.1 Å². The molecule has 0 fully saturated rings. The average Bonchev–Trinajstić information content (AvgIpc) is 3.05. The van der Waals surface area contributed by atoms with Crippen LogP contribution >= 0.6 is 11.3 Å². The van der Waals surface area contributed by atoms with Crippen LogP contribution in [-0.4, -0.2) is 15.0 Å². The van der Waals surface area contributed by atoms with Crippen LogP contribution < -0.4 is 0 Å². The Morgan fingerprint density at radius 1 is 1.22 bits per heavy atom. The molecule has 90 valence electrons. The zero-order valence-corrected chi connectivity index (χ0v) is 10.8. The Hall–Kier alpha value is -1.68. The Labute approximate surface area is 109 Å². The number of H-pyrrole nitrogens is 1. The van der Waals surface area contributed by atoms with Crippen LogP contribution in [0.5, 0.6) is 0 Å². The molecular formula is C14H13N3S. The third-order valence-corrected chi connectivity index (χ3v) is 4.44. The van der Waals surface area contributed by atoms with Gasteiger partial charge in [-0.15, -0.1) is 11.3 Å². The average molecular weight is 255 g/mol. The fraction of sp³-hybridized carbons (Fsp3) is 0.286. The van der Waals surface area contributed by atoms with Crippen molar-refractivity contribution < 1.29 is 0 Å². The molecule has 4 heteroatoms. The number of hydrogen-bond donors (Lipinski definition) is 1. The summed E-state index contributed by atoms with van der Waals surface area (Å²) in [6.07, 6.45) is 6.79. The van der Waals surface area contributed by atoms with Gasteiger partial charge in [0.05, 0.1) is 22.1 Å². The van der Waals surface area contributed by atoms with Crippen LogP contribution in [0.15, 0.2) is 23.7 Å². The fourth-order valence-corrected chi connectivity index (χ4v) is 3.36. The Morgan fingerprint density at radius 3 is 3.06 bits per heavy atom. The van der Waals surface area contributed by atoms with Gasteiger partial charge in [-0.2, -0.15) is 0 Å². The van der Waals surface area contributed by atoms with Crippen molar-refractivity contribution in [3.05, 3.63) is 35.0 Å². The second-order valence-corrected chi connectivity index (χ2v) is 5.67. The maximum absolute atomic E-state index is 4.76. The van der Waals surface area contributed by atoms with Gasteiger partial charge in [-0.25, -0.2) is 9.97 Å². The van der Waals surface area contributed by atoms with Crippen molar-refractivity contribution >= 4 is 22.4 Å². The molecule has 3 aromatic rings. The molecule has 1 N–H and O–H groups in total. The summed E-state index contributed by atoms with van der Waals surface area (Å²) < 4.78 is 0. The van der Waals surface area contributed by atoms with Gasteiger partial charge in [-0.3, -0.25) is 0 Å². The van der Waals surface area contributed by atoms with Crippen molar-refractivity contribution in [3.63, 3.8) is 0 Å². The largest absolute Gasteiger partial charge is 0.356 e. The lowest BCUT2D eigenvalue weighted by Gasteiger charge is -2.09. The number of aromatic amines is 1. The van der Waals surface area contributed by atoms with E-state index in [1.54, 1.807) is 11.3 Å². The highest BCUT2D eigenvalue weighted by Crippen LogP contribution is 2.29. The van der Waals surface area contributed by atoms with Gasteiger partial charge in [-0.05, 0) is 42.7 Å². The Balaban J connectivity index is 1.94. The minimum Gasteiger partial charge on any atom is -0.356 e. The summed E-state index contributed by atoms with van der Waals surface area (Å²) in [7, 11) is 0. The zero-order valence-electron chi connectivity index (χ0n) is 9.94. The first-order valence-electron chi connectivity index (χ1n) is 6.32. The lowest BCUT2D eigenvalue weighted by atomic mass is 9.97. The van der Waals surface area contributed by atoms with Gasteiger partial charge < -0.3 is 4.98 Å². The van der Waals surface area contributed by atoms with Gasteiger partial charge in [0.15, 0.2) is 5.82 Å². The number of rotatable bonds is 1. The molecule has 1 aliphatic rings. The highest BCUT2D eigenvalue weighted by atomic mass is 32.1. The van der Waals surface area contributed by atoms with Crippen LogP contribution in [0.4, 0.5) is 0 Å². The second kappa shape index (κ2) is 3.92. The molecule has 0 radical (unpaired) electrons. The first-order valence-corrected chi connectivity index (χ1v) is 7.20. The van der Waals surface area contributed by atoms with Crippen molar-refractivity contribution in [2.45, 2.75) is 25.7 Å². The Kier molecular flexibility index (Phi) is 2.23. The molecule has 18 heavy (non-hydrogen) atoms. The van der Waals surface area contributed by atoms with E-state index in [9.17, 15) is 0 Å². The van der Waals surface area contributed by atoms with E-state index in [4.69, 9.17) is 4.98 Å². The number of aromatic nitrogens is 3. The van der Waals surface area contributed by atoms with E-state index in [1.807, 2.05) is 12.3 Å². The topological polar surface area (TPSA) is 41.6 Å². The predicted octanol–water partition coefficient (Wildman–Crippen LogP) is 3.57. The summed E-state index contributed by atoms with van der Waals surface area (Å²) in [6, 6.07) is 4.12. The monoisotopic (exact) mass is 255 g/mol. The summed E-state index contributed by atoms with van der Waals surface area (Å²) in [5.74, 6) is 0.852. The SMILES string of the molecule is c1csc(-c2ncc3[nH]c4c(c3n2)CCCC4)c1. The molecule has 1 aliphatic carbocycles. The van der Waals surface area contributed by atoms with Crippen molar-refractivity contribution in [1.82, 2.24) is 15.0 Å². The quantitative estimate of drug-likeness (QED) is 0.722. The molecule has 0 unspecified atom stereocenters. The molecule has 0 amide bonds. The molecule has 0 atom stereocenters. The van der Waals surface area contributed by atoms with E-state index in [2.05, 4.69) is 21.4 Å². The number of nitrogens with zero attached hydrogens (tertiary/aromatic N) is 2. The predicted molar refractivity (Wildman–Crippen MR) is 73.8 cm³/mol. The van der Waals surface area contributed by atoms with E-state index in [-0.39, 0.29) is 0 Å². The number of nitrogens with one attached hydrogen (secondary N) is 1. The third-order valence-electron chi connectivity index (χ3n) is 3.57. The summed E-state index contributed by atoms with van der Waals surface area (Å²) >= 11 is 1.69. The van der Waals surface area contributed by atoms with E-state index < -0.39 is 0 Å². The molecule has 4 rings (SSSR count). The Bertz CT molecular complexity index is 697. The summed E-state index contributed by atoms with van der Waals surface area (Å²) in [4.78, 5) is 13.8. The summed E-state index contributed by atoms with van der Waals surface area (Å²) in [6.45, 7) is 0. The maximum atomic E-state index is 4.76. The lowest BCUT2D eigenvalue weighted by Crippen LogP contribution is -2.00. The first-order chi connectivity index (χ1) is 8.92. The van der Waals surface area contributed by atoms with Crippen molar-refractivity contribution in [2.24, 2.45) is 0 Å². The van der Waals surface area contributed by atoms with Crippen molar-refractivity contribution in [1.29, 1.82) is 0 Å². The molecule has 0 aliphatic heterocycles. The van der Waals surface area contributed by atoms with Gasteiger partial charge in [-0.1, -0.05) is 6.07 Å². The standard InChI is InChI=1S/C14H13N3S/c1-2-5-10-9(4-1)13-11(16-10)8-15-14(17-13)12-6-3-7-18-12/h3,6-8,16H,1-2,4-5H2. The summed E-state index contributed by atoms with van der Waals surface area (Å²) in [5, 5.41) is 2.06. The van der Waals surface area contributed by atoms with Crippen LogP contribution in [0.1, 0.15) is 24.1 Å². The van der Waals surface area contributed by atoms with Gasteiger partial charge in [0.1, 0.15) is 0 Å². The van der Waals surface area contributed by atoms with Crippen LogP contribution in [0.25, 0.3) is 21.7 Å². The number of aryl methyl sites for hydroxylation is 2. The number of fused-ring (bicyclic) bond motifs is 3. The lowest BCUT2D eigenvalue weighted by molar-refractivity contribution is 0.679. The highest BCUT2D eigenvalue weighted by molar-refractivity contribution is 7.13.